The molecular weight excluding hydrogens is 664 g/mol. The van der Waals surface area contributed by atoms with Crippen LogP contribution < -0.4 is 26.6 Å². The van der Waals surface area contributed by atoms with Crippen LogP contribution in [0.3, 0.4) is 0 Å². The van der Waals surface area contributed by atoms with Gasteiger partial charge in [0, 0.05) is 20.1 Å². The Morgan fingerprint density at radius 2 is 1.65 bits per heavy atom. The fraction of sp³-hybridized carbons (Fsp3) is 0.641. The van der Waals surface area contributed by atoms with E-state index in [4.69, 9.17) is 4.74 Å². The van der Waals surface area contributed by atoms with Gasteiger partial charge in [0.25, 0.3) is 5.91 Å². The first kappa shape index (κ1) is 42.0. The van der Waals surface area contributed by atoms with Crippen LogP contribution in [0.1, 0.15) is 84.8 Å². The lowest BCUT2D eigenvalue weighted by molar-refractivity contribution is -0.143. The van der Waals surface area contributed by atoms with Crippen molar-refractivity contribution in [2.45, 2.75) is 111 Å². The van der Waals surface area contributed by atoms with Gasteiger partial charge in [-0.3, -0.25) is 19.2 Å². The monoisotopic (exact) mass is 724 g/mol. The summed E-state index contributed by atoms with van der Waals surface area (Å²) in [5.41, 5.74) is 1.70. The number of Topliss-reactive ketones (excluding diaryl/α,β-unsaturated/α-hetero) is 1. The zero-order valence-corrected chi connectivity index (χ0v) is 32.0. The van der Waals surface area contributed by atoms with E-state index in [2.05, 4.69) is 47.0 Å². The highest BCUT2D eigenvalue weighted by molar-refractivity contribution is 6.38. The van der Waals surface area contributed by atoms with Crippen molar-refractivity contribution in [3.63, 3.8) is 0 Å². The molecule has 3 rings (SSSR count). The number of alkyl carbamates (subject to hydrolysis) is 1. The molecule has 6 atom stereocenters. The molecule has 52 heavy (non-hydrogen) atoms. The number of hydrogen-bond acceptors (Lipinski definition) is 7. The number of fused-ring (bicyclic) bond motifs is 1. The molecule has 0 bridgehead atoms. The Morgan fingerprint density at radius 3 is 2.21 bits per heavy atom. The Bertz CT molecular complexity index is 1420. The molecule has 1 fully saturated rings. The van der Waals surface area contributed by atoms with Gasteiger partial charge in [0.2, 0.25) is 17.6 Å². The van der Waals surface area contributed by atoms with Gasteiger partial charge in [-0.2, -0.15) is 0 Å². The molecular formula is C39H60N6O7. The molecule has 1 aliphatic carbocycles. The van der Waals surface area contributed by atoms with Crippen LogP contribution in [0.4, 0.5) is 9.59 Å². The number of carbonyl (C=O) groups excluding carboxylic acids is 6. The van der Waals surface area contributed by atoms with E-state index in [0.29, 0.717) is 32.2 Å². The third-order valence-electron chi connectivity index (χ3n) is 10.5. The Morgan fingerprint density at radius 1 is 1.00 bits per heavy atom. The van der Waals surface area contributed by atoms with E-state index in [1.807, 2.05) is 52.0 Å². The average molecular weight is 725 g/mol. The highest BCUT2D eigenvalue weighted by Gasteiger charge is 2.46. The van der Waals surface area contributed by atoms with E-state index < -0.39 is 59.3 Å². The first-order chi connectivity index (χ1) is 24.6. The number of carbonyl (C=O) groups is 6. The van der Waals surface area contributed by atoms with E-state index in [-0.39, 0.29) is 43.2 Å². The Hall–Kier alpha value is -4.42. The smallest absolute Gasteiger partial charge is 0.406 e. The third-order valence-corrected chi connectivity index (χ3v) is 10.5. The second-order valence-corrected chi connectivity index (χ2v) is 15.3. The van der Waals surface area contributed by atoms with E-state index in [9.17, 15) is 28.8 Å². The largest absolute Gasteiger partial charge is 0.447 e. The van der Waals surface area contributed by atoms with Crippen molar-refractivity contribution in [3.8, 4) is 0 Å². The summed E-state index contributed by atoms with van der Waals surface area (Å²) in [5, 5.41) is 13.6. The van der Waals surface area contributed by atoms with Crippen LogP contribution in [0, 0.1) is 23.2 Å². The highest BCUT2D eigenvalue weighted by atomic mass is 16.5. The van der Waals surface area contributed by atoms with Crippen LogP contribution in [0.25, 0.3) is 0 Å². The number of likely N-dealkylation sites (tertiary alicyclic amines) is 1. The summed E-state index contributed by atoms with van der Waals surface area (Å²) < 4.78 is 5.28. The van der Waals surface area contributed by atoms with E-state index in [0.717, 1.165) is 24.0 Å². The van der Waals surface area contributed by atoms with Gasteiger partial charge in [0.15, 0.2) is 0 Å². The number of hydrogen-bond donors (Lipinski definition) is 5. The number of benzene rings is 1. The number of ketones is 1. The Balaban J connectivity index is 1.94. The molecule has 0 saturated carbocycles. The topological polar surface area (TPSA) is 175 Å². The van der Waals surface area contributed by atoms with Gasteiger partial charge in [-0.25, -0.2) is 9.59 Å². The maximum absolute atomic E-state index is 14.8. The molecule has 1 aromatic carbocycles. The van der Waals surface area contributed by atoms with Crippen LogP contribution >= 0.6 is 0 Å². The third kappa shape index (κ3) is 11.3. The fourth-order valence-corrected chi connectivity index (χ4v) is 6.93. The molecule has 13 heteroatoms. The van der Waals surface area contributed by atoms with Crippen LogP contribution in [0.15, 0.2) is 36.9 Å². The predicted octanol–water partition coefficient (Wildman–Crippen LogP) is 3.65. The van der Waals surface area contributed by atoms with Crippen LogP contribution in [0.5, 0.6) is 0 Å². The molecule has 5 N–H and O–H groups in total. The number of unbranched alkanes of at least 4 members (excludes halogenated alkanes) is 1. The molecule has 1 heterocycles. The zero-order chi connectivity index (χ0) is 38.6. The number of nitrogens with zero attached hydrogens (tertiary/aromatic N) is 1. The summed E-state index contributed by atoms with van der Waals surface area (Å²) in [4.78, 5) is 81.9. The van der Waals surface area contributed by atoms with Gasteiger partial charge in [-0.1, -0.05) is 91.1 Å². The van der Waals surface area contributed by atoms with Gasteiger partial charge in [-0.05, 0) is 60.0 Å². The molecule has 6 amide bonds. The number of urea groups is 1. The second-order valence-electron chi connectivity index (χ2n) is 15.3. The number of amides is 6. The zero-order valence-electron chi connectivity index (χ0n) is 32.0. The lowest BCUT2D eigenvalue weighted by Gasteiger charge is -2.34. The quantitative estimate of drug-likeness (QED) is 0.120. The average Bonchev–Trinajstić information content (AvgIpc) is 3.77. The van der Waals surface area contributed by atoms with E-state index in [1.165, 1.54) is 13.1 Å². The number of rotatable bonds is 17. The molecule has 0 radical (unpaired) electrons. The van der Waals surface area contributed by atoms with Crippen molar-refractivity contribution in [2.24, 2.45) is 23.2 Å². The second kappa shape index (κ2) is 19.4. The van der Waals surface area contributed by atoms with Crippen molar-refractivity contribution >= 4 is 35.6 Å². The molecule has 0 spiro atoms. The molecule has 1 saturated heterocycles. The van der Waals surface area contributed by atoms with Gasteiger partial charge < -0.3 is 36.2 Å². The molecule has 2 aliphatic rings. The predicted molar refractivity (Wildman–Crippen MR) is 199 cm³/mol. The van der Waals surface area contributed by atoms with Crippen LogP contribution in [0.2, 0.25) is 0 Å². The van der Waals surface area contributed by atoms with Crippen molar-refractivity contribution in [2.75, 3.05) is 26.7 Å². The highest BCUT2D eigenvalue weighted by Crippen LogP contribution is 2.35. The summed E-state index contributed by atoms with van der Waals surface area (Å²) >= 11 is 0. The first-order valence-corrected chi connectivity index (χ1v) is 18.7. The molecule has 1 aliphatic heterocycles. The van der Waals surface area contributed by atoms with Crippen LogP contribution in [-0.2, 0) is 36.8 Å². The maximum atomic E-state index is 14.8. The molecule has 0 aromatic heterocycles. The fourth-order valence-electron chi connectivity index (χ4n) is 6.93. The molecule has 13 nitrogen and oxygen atoms in total. The van der Waals surface area contributed by atoms with Crippen molar-refractivity contribution in [1.29, 1.82) is 0 Å². The number of nitrogens with one attached hydrogen (secondary N) is 5. The normalized spacial score (nSPS) is 19.3. The summed E-state index contributed by atoms with van der Waals surface area (Å²) in [5.74, 6) is -2.50. The van der Waals surface area contributed by atoms with Gasteiger partial charge in [-0.15, -0.1) is 6.58 Å². The Kier molecular flexibility index (Phi) is 15.7. The Labute approximate surface area is 308 Å². The lowest BCUT2D eigenvalue weighted by atomic mass is 9.87. The maximum Gasteiger partial charge on any atom is 0.406 e. The lowest BCUT2D eigenvalue weighted by Crippen LogP contribution is -2.60. The van der Waals surface area contributed by atoms with E-state index in [1.54, 1.807) is 4.90 Å². The minimum atomic E-state index is -1.05. The van der Waals surface area contributed by atoms with Crippen molar-refractivity contribution < 1.29 is 33.5 Å². The van der Waals surface area contributed by atoms with Crippen molar-refractivity contribution in [1.82, 2.24) is 31.5 Å². The standard InChI is InChI=1S/C39H60N6O7/c1-9-12-17-29(33(46)35(48)41-18-10-2)42-34(47)30-21-28(24(4)11-3)22-45(30)36(49)32(27-19-25-15-13-14-16-26(25)20-27)44-37(50)43-31(39(5,6)7)23-52-38(51)40-8/h10,13-16,24,27-32H,2,9,11-12,17-23H2,1,3-8H3,(H,40,51)(H,41,48)(H,42,47)(H2,43,44,50)/t24?,28-,29?,30+,31-,32+/m1/s1. The van der Waals surface area contributed by atoms with Crippen molar-refractivity contribution in [3.05, 3.63) is 48.0 Å². The van der Waals surface area contributed by atoms with E-state index >= 15 is 0 Å². The first-order valence-electron chi connectivity index (χ1n) is 18.7. The van der Waals surface area contributed by atoms with Gasteiger partial charge in [0.05, 0.1) is 12.1 Å². The summed E-state index contributed by atoms with van der Waals surface area (Å²) in [6.45, 7) is 15.8. The van der Waals surface area contributed by atoms with Gasteiger partial charge in [0.1, 0.15) is 18.7 Å². The minimum Gasteiger partial charge on any atom is -0.447 e. The minimum absolute atomic E-state index is 0.00719. The number of ether oxygens (including phenoxy) is 1. The SMILES string of the molecule is C=CCNC(=O)C(=O)C(CCCC)NC(=O)[C@@H]1C[C@@H](C(C)CC)CN1C(=O)[C@@H](NC(=O)N[C@H](COC(=O)NC)C(C)(C)C)C1Cc2ccccc2C1. The summed E-state index contributed by atoms with van der Waals surface area (Å²) in [6, 6.07) is 3.83. The summed E-state index contributed by atoms with van der Waals surface area (Å²) in [6.07, 6.45) is 4.83. The summed E-state index contributed by atoms with van der Waals surface area (Å²) in [7, 11) is 1.45. The molecule has 1 aromatic rings. The molecule has 2 unspecified atom stereocenters. The van der Waals surface area contributed by atoms with Crippen LogP contribution in [-0.4, -0.2) is 91.4 Å². The molecule has 288 valence electrons. The van der Waals surface area contributed by atoms with Gasteiger partial charge >= 0.3 is 12.1 Å².